The molecule has 2 aromatic rings. The number of nitrogens with zero attached hydrogens (tertiary/aromatic N) is 7. The van der Waals surface area contributed by atoms with Crippen molar-refractivity contribution >= 4 is 36.0 Å². The molecule has 1 aliphatic heterocycles. The topological polar surface area (TPSA) is 158 Å². The first-order chi connectivity index (χ1) is 14.6. The molecule has 164 valence electrons. The SMILES string of the molecule is C/C=C/C1=NCCN1.CC=Nc1ncc[nH]1.CC=Nc1ncn[nH]1.CCN=C(C)N. The van der Waals surface area contributed by atoms with Crippen molar-refractivity contribution in [1.29, 1.82) is 0 Å². The van der Waals surface area contributed by atoms with E-state index in [0.29, 0.717) is 17.7 Å². The highest BCUT2D eigenvalue weighted by Crippen LogP contribution is 1.97. The Morgan fingerprint density at radius 1 is 1.17 bits per heavy atom. The number of rotatable bonds is 4. The third-order valence-electron chi connectivity index (χ3n) is 2.82. The summed E-state index contributed by atoms with van der Waals surface area (Å²) < 4.78 is 0. The summed E-state index contributed by atoms with van der Waals surface area (Å²) in [5.41, 5.74) is 5.15. The van der Waals surface area contributed by atoms with Gasteiger partial charge in [-0.15, -0.1) is 0 Å². The normalized spacial score (nSPS) is 13.1. The van der Waals surface area contributed by atoms with Crippen LogP contribution in [0, 0.1) is 0 Å². The summed E-state index contributed by atoms with van der Waals surface area (Å²) in [6.45, 7) is 12.1. The van der Waals surface area contributed by atoms with Crippen molar-refractivity contribution in [2.24, 2.45) is 25.7 Å². The molecule has 3 heterocycles. The van der Waals surface area contributed by atoms with Crippen LogP contribution in [0.3, 0.4) is 0 Å². The first-order valence-corrected chi connectivity index (χ1v) is 9.56. The largest absolute Gasteiger partial charge is 0.388 e. The molecule has 0 unspecified atom stereocenters. The van der Waals surface area contributed by atoms with Crippen molar-refractivity contribution < 1.29 is 0 Å². The van der Waals surface area contributed by atoms with Gasteiger partial charge in [0.1, 0.15) is 12.2 Å². The molecule has 30 heavy (non-hydrogen) atoms. The number of aromatic nitrogens is 5. The number of amidine groups is 2. The molecule has 0 saturated carbocycles. The van der Waals surface area contributed by atoms with E-state index >= 15 is 0 Å². The number of hydrogen-bond acceptors (Lipinski definition) is 8. The maximum atomic E-state index is 5.15. The molecule has 0 bridgehead atoms. The summed E-state index contributed by atoms with van der Waals surface area (Å²) in [5, 5.41) is 9.29. The Bertz CT molecular complexity index is 723. The second kappa shape index (κ2) is 18.7. The minimum Gasteiger partial charge on any atom is -0.388 e. The molecule has 5 N–H and O–H groups in total. The van der Waals surface area contributed by atoms with E-state index in [1.165, 1.54) is 6.33 Å². The van der Waals surface area contributed by atoms with E-state index in [-0.39, 0.29) is 0 Å². The van der Waals surface area contributed by atoms with Gasteiger partial charge in [-0.3, -0.25) is 9.98 Å². The van der Waals surface area contributed by atoms with E-state index in [1.54, 1.807) is 31.7 Å². The predicted molar refractivity (Wildman–Crippen MR) is 126 cm³/mol. The van der Waals surface area contributed by atoms with Gasteiger partial charge in [0.25, 0.3) is 0 Å². The van der Waals surface area contributed by atoms with Crippen molar-refractivity contribution in [3.63, 3.8) is 0 Å². The van der Waals surface area contributed by atoms with Gasteiger partial charge in [-0.2, -0.15) is 10.1 Å². The minimum atomic E-state index is 0.549. The molecular weight excluding hydrogens is 382 g/mol. The highest BCUT2D eigenvalue weighted by atomic mass is 15.2. The Labute approximate surface area is 177 Å². The van der Waals surface area contributed by atoms with E-state index < -0.39 is 0 Å². The Balaban J connectivity index is 0.000000377. The van der Waals surface area contributed by atoms with Crippen molar-refractivity contribution in [3.05, 3.63) is 30.9 Å². The molecular formula is C19H33N11. The Morgan fingerprint density at radius 2 is 1.90 bits per heavy atom. The zero-order valence-corrected chi connectivity index (χ0v) is 18.4. The first-order valence-electron chi connectivity index (χ1n) is 9.56. The van der Waals surface area contributed by atoms with E-state index in [4.69, 9.17) is 5.73 Å². The van der Waals surface area contributed by atoms with Crippen LogP contribution in [-0.4, -0.2) is 68.9 Å². The number of aliphatic imine (C=N–C) groups is 4. The van der Waals surface area contributed by atoms with Crippen LogP contribution < -0.4 is 11.1 Å². The van der Waals surface area contributed by atoms with Gasteiger partial charge in [-0.1, -0.05) is 6.08 Å². The number of nitrogens with two attached hydrogens (primary N) is 1. The third kappa shape index (κ3) is 15.4. The second-order valence-electron chi connectivity index (χ2n) is 5.31. The molecule has 0 radical (unpaired) electrons. The quantitative estimate of drug-likeness (QED) is 0.446. The van der Waals surface area contributed by atoms with Crippen molar-refractivity contribution in [2.75, 3.05) is 19.6 Å². The molecule has 0 atom stereocenters. The maximum Gasteiger partial charge on any atom is 0.244 e. The monoisotopic (exact) mass is 415 g/mol. The molecule has 2 aromatic heterocycles. The van der Waals surface area contributed by atoms with Gasteiger partial charge in [0.2, 0.25) is 11.9 Å². The molecule has 11 nitrogen and oxygen atoms in total. The molecule has 3 rings (SSSR count). The fourth-order valence-corrected chi connectivity index (χ4v) is 1.77. The number of allylic oxidation sites excluding steroid dienone is 1. The Hall–Kier alpha value is -3.63. The number of nitrogens with one attached hydrogen (secondary N) is 3. The van der Waals surface area contributed by atoms with Crippen LogP contribution in [0.15, 0.2) is 50.8 Å². The minimum absolute atomic E-state index is 0.549. The zero-order valence-electron chi connectivity index (χ0n) is 18.4. The van der Waals surface area contributed by atoms with E-state index in [0.717, 1.165) is 25.5 Å². The maximum absolute atomic E-state index is 5.15. The molecule has 1 aliphatic rings. The van der Waals surface area contributed by atoms with Crippen LogP contribution in [0.2, 0.25) is 0 Å². The van der Waals surface area contributed by atoms with Crippen LogP contribution in [0.25, 0.3) is 0 Å². The fourth-order valence-electron chi connectivity index (χ4n) is 1.77. The fraction of sp³-hybridized carbons (Fsp3) is 0.421. The standard InChI is InChI=1S/C6H10N2.C5H7N3.C4H6N4.C4H10N2/c1-2-3-6-7-4-5-8-6;1-2-6-5-7-3-4-8-5;1-2-5-4-6-3-7-8-4;1-3-6-4(2)5/h2-3H,4-5H2,1H3,(H,7,8);2-4H,1H3,(H,7,8);2-3H,1H3,(H,6,7,8);3H2,1-2H3,(H2,5,6)/b3-2+;;;. The highest BCUT2D eigenvalue weighted by molar-refractivity contribution is 5.93. The first kappa shape index (κ1) is 26.4. The highest BCUT2D eigenvalue weighted by Gasteiger charge is 1.97. The summed E-state index contributed by atoms with van der Waals surface area (Å²) in [7, 11) is 0. The molecule has 0 aromatic carbocycles. The number of imidazole rings is 1. The van der Waals surface area contributed by atoms with Crippen LogP contribution in [0.4, 0.5) is 11.9 Å². The summed E-state index contributed by atoms with van der Waals surface area (Å²) in [5.74, 6) is 2.89. The summed E-state index contributed by atoms with van der Waals surface area (Å²) in [6.07, 6.45) is 12.1. The Kier molecular flexibility index (Phi) is 16.5. The lowest BCUT2D eigenvalue weighted by atomic mass is 10.5. The van der Waals surface area contributed by atoms with Crippen molar-refractivity contribution in [1.82, 2.24) is 30.5 Å². The van der Waals surface area contributed by atoms with E-state index in [2.05, 4.69) is 50.4 Å². The molecule has 0 saturated heterocycles. The van der Waals surface area contributed by atoms with Crippen molar-refractivity contribution in [3.8, 4) is 0 Å². The summed E-state index contributed by atoms with van der Waals surface area (Å²) >= 11 is 0. The lowest BCUT2D eigenvalue weighted by Gasteiger charge is -1.89. The Morgan fingerprint density at radius 3 is 2.30 bits per heavy atom. The molecule has 11 heteroatoms. The van der Waals surface area contributed by atoms with E-state index in [1.807, 2.05) is 39.8 Å². The average molecular weight is 416 g/mol. The summed E-state index contributed by atoms with van der Waals surface area (Å²) in [6, 6.07) is 0. The summed E-state index contributed by atoms with van der Waals surface area (Å²) in [4.78, 5) is 26.1. The van der Waals surface area contributed by atoms with Gasteiger partial charge >= 0.3 is 0 Å². The van der Waals surface area contributed by atoms with E-state index in [9.17, 15) is 0 Å². The lowest BCUT2D eigenvalue weighted by Crippen LogP contribution is -2.15. The molecule has 0 amide bonds. The van der Waals surface area contributed by atoms with Crippen LogP contribution in [0.1, 0.15) is 34.6 Å². The van der Waals surface area contributed by atoms with Gasteiger partial charge in [0, 0.05) is 37.9 Å². The molecule has 0 aliphatic carbocycles. The van der Waals surface area contributed by atoms with Gasteiger partial charge in [-0.25, -0.2) is 20.1 Å². The average Bonchev–Trinajstić information content (AvgIpc) is 3.48. The lowest BCUT2D eigenvalue weighted by molar-refractivity contribution is 0.961. The third-order valence-corrected chi connectivity index (χ3v) is 2.82. The predicted octanol–water partition coefficient (Wildman–Crippen LogP) is 2.61. The molecule has 0 spiro atoms. The van der Waals surface area contributed by atoms with Crippen LogP contribution in [0.5, 0.6) is 0 Å². The van der Waals surface area contributed by atoms with Crippen LogP contribution >= 0.6 is 0 Å². The van der Waals surface area contributed by atoms with Crippen molar-refractivity contribution in [2.45, 2.75) is 34.6 Å². The smallest absolute Gasteiger partial charge is 0.244 e. The number of H-pyrrole nitrogens is 2. The van der Waals surface area contributed by atoms with Gasteiger partial charge in [0.15, 0.2) is 0 Å². The molecule has 0 fully saturated rings. The second-order valence-corrected chi connectivity index (χ2v) is 5.31. The van der Waals surface area contributed by atoms with Gasteiger partial charge in [0.05, 0.1) is 12.4 Å². The zero-order chi connectivity index (χ0) is 22.5. The number of hydrogen-bond donors (Lipinski definition) is 4. The number of aromatic amines is 2. The van der Waals surface area contributed by atoms with Crippen LogP contribution in [-0.2, 0) is 0 Å². The van der Waals surface area contributed by atoms with Gasteiger partial charge < -0.3 is 16.0 Å². The van der Waals surface area contributed by atoms with Gasteiger partial charge in [-0.05, 0) is 40.7 Å².